The summed E-state index contributed by atoms with van der Waals surface area (Å²) in [5.74, 6) is 1.20. The van der Waals surface area contributed by atoms with Crippen LogP contribution in [0.5, 0.6) is 0 Å². The number of guanidine groups is 1. The molecule has 1 aromatic heterocycles. The average Bonchev–Trinajstić information content (AvgIpc) is 2.90. The predicted octanol–water partition coefficient (Wildman–Crippen LogP) is 4.27. The van der Waals surface area contributed by atoms with E-state index in [0.717, 1.165) is 29.6 Å². The number of alkyl halides is 3. The van der Waals surface area contributed by atoms with Gasteiger partial charge in [-0.05, 0) is 25.7 Å². The second kappa shape index (κ2) is 10.3. The number of nitrogens with one attached hydrogen (secondary N) is 2. The summed E-state index contributed by atoms with van der Waals surface area (Å²) in [5.41, 5.74) is -0.845. The fourth-order valence-electron chi connectivity index (χ4n) is 1.77. The minimum absolute atomic E-state index is 0. The normalized spacial score (nSPS) is 13.7. The number of thiazole rings is 1. The lowest BCUT2D eigenvalue weighted by molar-refractivity contribution is -0.140. The van der Waals surface area contributed by atoms with Crippen LogP contribution in [0.15, 0.2) is 10.4 Å². The Hall–Kier alpha value is -0.580. The zero-order valence-corrected chi connectivity index (χ0v) is 16.8. The van der Waals surface area contributed by atoms with Crippen molar-refractivity contribution < 1.29 is 13.2 Å². The molecule has 0 aromatic carbocycles. The van der Waals surface area contributed by atoms with Crippen LogP contribution in [0.4, 0.5) is 13.2 Å². The Morgan fingerprint density at radius 1 is 1.30 bits per heavy atom. The van der Waals surface area contributed by atoms with E-state index in [1.807, 2.05) is 0 Å². The molecule has 0 saturated carbocycles. The van der Waals surface area contributed by atoms with Crippen molar-refractivity contribution in [1.82, 2.24) is 15.6 Å². The number of hydrogen-bond acceptors (Lipinski definition) is 3. The number of nitrogens with zero attached hydrogens (tertiary/aromatic N) is 2. The highest BCUT2D eigenvalue weighted by atomic mass is 127. The van der Waals surface area contributed by atoms with Gasteiger partial charge in [0.05, 0.1) is 6.54 Å². The highest BCUT2D eigenvalue weighted by Crippen LogP contribution is 2.29. The third-order valence-electron chi connectivity index (χ3n) is 3.03. The van der Waals surface area contributed by atoms with Crippen molar-refractivity contribution in [2.45, 2.75) is 52.4 Å². The minimum atomic E-state index is -4.39. The Kier molecular flexibility index (Phi) is 10.1. The maximum atomic E-state index is 12.5. The molecule has 0 fully saturated rings. The topological polar surface area (TPSA) is 49.3 Å². The van der Waals surface area contributed by atoms with Gasteiger partial charge in [-0.15, -0.1) is 35.3 Å². The van der Waals surface area contributed by atoms with Crippen LogP contribution >= 0.6 is 35.3 Å². The van der Waals surface area contributed by atoms with Crippen LogP contribution in [0.1, 0.15) is 44.3 Å². The smallest absolute Gasteiger partial charge is 0.354 e. The molecule has 1 unspecified atom stereocenters. The van der Waals surface area contributed by atoms with Crippen LogP contribution in [-0.2, 0) is 12.7 Å². The van der Waals surface area contributed by atoms with Gasteiger partial charge in [0.1, 0.15) is 5.01 Å². The van der Waals surface area contributed by atoms with E-state index in [1.165, 1.54) is 0 Å². The molecule has 0 radical (unpaired) electrons. The van der Waals surface area contributed by atoms with Gasteiger partial charge in [0.15, 0.2) is 11.7 Å². The van der Waals surface area contributed by atoms with E-state index in [4.69, 9.17) is 0 Å². The second-order valence-corrected chi connectivity index (χ2v) is 6.51. The Morgan fingerprint density at radius 3 is 2.43 bits per heavy atom. The molecule has 0 saturated heterocycles. The largest absolute Gasteiger partial charge is 0.434 e. The van der Waals surface area contributed by atoms with Gasteiger partial charge >= 0.3 is 6.18 Å². The molecule has 0 aliphatic heterocycles. The van der Waals surface area contributed by atoms with Crippen molar-refractivity contribution in [3.63, 3.8) is 0 Å². The maximum absolute atomic E-state index is 12.5. The van der Waals surface area contributed by atoms with E-state index in [2.05, 4.69) is 41.4 Å². The molecule has 1 rings (SSSR count). The fourth-order valence-corrected chi connectivity index (χ4v) is 2.51. The molecule has 1 atom stereocenters. The zero-order chi connectivity index (χ0) is 16.8. The zero-order valence-electron chi connectivity index (χ0n) is 13.7. The van der Waals surface area contributed by atoms with Gasteiger partial charge in [-0.2, -0.15) is 13.2 Å². The molecule has 23 heavy (non-hydrogen) atoms. The van der Waals surface area contributed by atoms with Gasteiger partial charge in [-0.25, -0.2) is 4.98 Å². The number of rotatable bonds is 6. The highest BCUT2D eigenvalue weighted by molar-refractivity contribution is 14.0. The van der Waals surface area contributed by atoms with E-state index >= 15 is 0 Å². The van der Waals surface area contributed by atoms with Crippen LogP contribution in [-0.4, -0.2) is 24.0 Å². The number of hydrogen-bond donors (Lipinski definition) is 2. The van der Waals surface area contributed by atoms with Gasteiger partial charge in [0.2, 0.25) is 0 Å². The third-order valence-corrected chi connectivity index (χ3v) is 3.88. The standard InChI is InChI=1S/C14H23F3N4S.HI/c1-9(2)5-6-10(3)20-13(18-4)19-7-12-21-11(8-22-12)14(15,16)17;/h8-10H,5-7H2,1-4H3,(H2,18,19,20);1H. The minimum Gasteiger partial charge on any atom is -0.354 e. The van der Waals surface area contributed by atoms with Crippen molar-refractivity contribution in [2.75, 3.05) is 7.05 Å². The summed E-state index contributed by atoms with van der Waals surface area (Å²) in [6.45, 7) is 6.61. The highest BCUT2D eigenvalue weighted by Gasteiger charge is 2.33. The summed E-state index contributed by atoms with van der Waals surface area (Å²) >= 11 is 0.986. The maximum Gasteiger partial charge on any atom is 0.434 e. The molecular formula is C14H24F3IN4S. The first-order valence-corrected chi connectivity index (χ1v) is 8.09. The monoisotopic (exact) mass is 464 g/mol. The lowest BCUT2D eigenvalue weighted by atomic mass is 10.0. The van der Waals surface area contributed by atoms with E-state index in [-0.39, 0.29) is 36.6 Å². The van der Waals surface area contributed by atoms with Crippen LogP contribution < -0.4 is 10.6 Å². The Morgan fingerprint density at radius 2 is 1.96 bits per heavy atom. The van der Waals surface area contributed by atoms with Gasteiger partial charge in [0, 0.05) is 18.5 Å². The van der Waals surface area contributed by atoms with Crippen molar-refractivity contribution in [1.29, 1.82) is 0 Å². The molecule has 9 heteroatoms. The summed E-state index contributed by atoms with van der Waals surface area (Å²) in [6.07, 6.45) is -2.28. The van der Waals surface area contributed by atoms with E-state index in [1.54, 1.807) is 7.05 Å². The van der Waals surface area contributed by atoms with Crippen LogP contribution in [0.2, 0.25) is 0 Å². The Balaban J connectivity index is 0.00000484. The molecule has 4 nitrogen and oxygen atoms in total. The molecule has 0 bridgehead atoms. The van der Waals surface area contributed by atoms with E-state index in [0.29, 0.717) is 16.9 Å². The molecule has 0 aliphatic carbocycles. The summed E-state index contributed by atoms with van der Waals surface area (Å²) in [4.78, 5) is 7.65. The average molecular weight is 464 g/mol. The van der Waals surface area contributed by atoms with Crippen LogP contribution in [0.25, 0.3) is 0 Å². The summed E-state index contributed by atoms with van der Waals surface area (Å²) < 4.78 is 37.4. The quantitative estimate of drug-likeness (QED) is 0.376. The van der Waals surface area contributed by atoms with Gasteiger partial charge < -0.3 is 10.6 Å². The molecule has 1 heterocycles. The Labute approximate surface area is 156 Å². The van der Waals surface area contributed by atoms with Crippen molar-refractivity contribution in [3.05, 3.63) is 16.1 Å². The number of aromatic nitrogens is 1. The fraction of sp³-hybridized carbons (Fsp3) is 0.714. The van der Waals surface area contributed by atoms with Gasteiger partial charge in [-0.1, -0.05) is 13.8 Å². The molecule has 2 N–H and O–H groups in total. The molecule has 0 amide bonds. The van der Waals surface area contributed by atoms with Gasteiger partial charge in [0.25, 0.3) is 0 Å². The first-order chi connectivity index (χ1) is 10.2. The van der Waals surface area contributed by atoms with Gasteiger partial charge in [-0.3, -0.25) is 4.99 Å². The second-order valence-electron chi connectivity index (χ2n) is 5.57. The first kappa shape index (κ1) is 22.4. The lowest BCUT2D eigenvalue weighted by Gasteiger charge is -2.18. The molecule has 1 aromatic rings. The van der Waals surface area contributed by atoms with Crippen LogP contribution in [0.3, 0.4) is 0 Å². The first-order valence-electron chi connectivity index (χ1n) is 7.21. The molecule has 134 valence electrons. The lowest BCUT2D eigenvalue weighted by Crippen LogP contribution is -2.41. The van der Waals surface area contributed by atoms with Crippen molar-refractivity contribution >= 4 is 41.3 Å². The summed E-state index contributed by atoms with van der Waals surface area (Å²) in [5, 5.41) is 7.62. The predicted molar refractivity (Wildman–Crippen MR) is 99.4 cm³/mol. The summed E-state index contributed by atoms with van der Waals surface area (Å²) in [6, 6.07) is 0.246. The molecular weight excluding hydrogens is 440 g/mol. The Bertz CT molecular complexity index is 489. The number of halogens is 4. The molecule has 0 aliphatic rings. The third kappa shape index (κ3) is 8.73. The number of aliphatic imine (C=N–C) groups is 1. The van der Waals surface area contributed by atoms with Crippen LogP contribution in [0, 0.1) is 5.92 Å². The SMILES string of the molecule is CN=C(NCc1nc(C(F)(F)F)cs1)NC(C)CCC(C)C.I. The van der Waals surface area contributed by atoms with Crippen molar-refractivity contribution in [3.8, 4) is 0 Å². The van der Waals surface area contributed by atoms with E-state index in [9.17, 15) is 13.2 Å². The van der Waals surface area contributed by atoms with Crippen molar-refractivity contribution in [2.24, 2.45) is 10.9 Å². The molecule has 0 spiro atoms. The summed E-state index contributed by atoms with van der Waals surface area (Å²) in [7, 11) is 1.63. The van der Waals surface area contributed by atoms with E-state index < -0.39 is 11.9 Å².